The highest BCUT2D eigenvalue weighted by Crippen LogP contribution is 2.27. The number of nitrogens with one attached hydrogen (secondary N) is 2. The number of carbonyl (C=O) groups excluding carboxylic acids is 1. The molecule has 0 radical (unpaired) electrons. The van der Waals surface area contributed by atoms with E-state index >= 15 is 0 Å². The predicted molar refractivity (Wildman–Crippen MR) is 86.7 cm³/mol. The molecular weight excluding hydrogens is 292 g/mol. The molecule has 0 spiro atoms. The van der Waals surface area contributed by atoms with E-state index in [2.05, 4.69) is 10.6 Å². The molecule has 0 saturated heterocycles. The molecule has 1 aromatic carbocycles. The van der Waals surface area contributed by atoms with Crippen LogP contribution >= 0.6 is 12.4 Å². The third-order valence-electron chi connectivity index (χ3n) is 3.01. The van der Waals surface area contributed by atoms with Gasteiger partial charge in [0.25, 0.3) is 0 Å². The molecule has 0 bridgehead atoms. The zero-order valence-corrected chi connectivity index (χ0v) is 13.7. The second kappa shape index (κ2) is 11.2. The van der Waals surface area contributed by atoms with Gasteiger partial charge in [-0.3, -0.25) is 4.79 Å². The summed E-state index contributed by atoms with van der Waals surface area (Å²) in [6.07, 6.45) is 2.20. The zero-order chi connectivity index (χ0) is 14.8. The topological polar surface area (TPSA) is 59.6 Å². The van der Waals surface area contributed by atoms with Crippen LogP contribution in [0.2, 0.25) is 0 Å². The quantitative estimate of drug-likeness (QED) is 0.682. The van der Waals surface area contributed by atoms with E-state index in [-0.39, 0.29) is 18.3 Å². The number of amides is 1. The minimum absolute atomic E-state index is 0. The van der Waals surface area contributed by atoms with Crippen molar-refractivity contribution in [1.29, 1.82) is 0 Å². The first-order chi connectivity index (χ1) is 9.71. The monoisotopic (exact) mass is 316 g/mol. The minimum atomic E-state index is 0. The Kier molecular flexibility index (Phi) is 10.4. The van der Waals surface area contributed by atoms with Crippen molar-refractivity contribution >= 4 is 18.3 Å². The highest BCUT2D eigenvalue weighted by Gasteiger charge is 2.05. The number of halogens is 1. The van der Waals surface area contributed by atoms with Gasteiger partial charge in [0, 0.05) is 13.0 Å². The van der Waals surface area contributed by atoms with E-state index in [1.165, 1.54) is 0 Å². The van der Waals surface area contributed by atoms with Gasteiger partial charge in [-0.15, -0.1) is 12.4 Å². The van der Waals surface area contributed by atoms with Gasteiger partial charge in [0.2, 0.25) is 5.91 Å². The van der Waals surface area contributed by atoms with E-state index < -0.39 is 0 Å². The maximum absolute atomic E-state index is 11.5. The Hall–Kier alpha value is -1.46. The average Bonchev–Trinajstić information content (AvgIpc) is 2.47. The number of benzene rings is 1. The summed E-state index contributed by atoms with van der Waals surface area (Å²) in [5.74, 6) is 1.53. The summed E-state index contributed by atoms with van der Waals surface area (Å²) in [5.41, 5.74) is 1.11. The maximum atomic E-state index is 11.5. The molecule has 1 aromatic rings. The Morgan fingerprint density at radius 1 is 1.14 bits per heavy atom. The van der Waals surface area contributed by atoms with Crippen LogP contribution in [0, 0.1) is 0 Å². The lowest BCUT2D eigenvalue weighted by Gasteiger charge is -2.10. The van der Waals surface area contributed by atoms with E-state index in [0.29, 0.717) is 24.5 Å². The first kappa shape index (κ1) is 19.5. The molecule has 0 unspecified atom stereocenters. The van der Waals surface area contributed by atoms with Gasteiger partial charge in [-0.2, -0.15) is 0 Å². The van der Waals surface area contributed by atoms with Crippen LogP contribution < -0.4 is 20.1 Å². The van der Waals surface area contributed by atoms with Crippen LogP contribution in [0.25, 0.3) is 0 Å². The van der Waals surface area contributed by atoms with Gasteiger partial charge >= 0.3 is 0 Å². The van der Waals surface area contributed by atoms with E-state index in [1.807, 2.05) is 25.2 Å². The first-order valence-corrected chi connectivity index (χ1v) is 6.83. The summed E-state index contributed by atoms with van der Waals surface area (Å²) in [7, 11) is 5.11. The van der Waals surface area contributed by atoms with Crippen LogP contribution in [0.3, 0.4) is 0 Å². The fraction of sp³-hybridized carbons (Fsp3) is 0.533. The smallest absolute Gasteiger partial charge is 0.220 e. The molecule has 5 nitrogen and oxygen atoms in total. The molecule has 0 aliphatic carbocycles. The SMILES string of the molecule is CNCCCC(=O)NCCc1ccc(OC)c(OC)c1.Cl. The summed E-state index contributed by atoms with van der Waals surface area (Å²) >= 11 is 0. The molecule has 0 aliphatic rings. The molecule has 0 aromatic heterocycles. The van der Waals surface area contributed by atoms with Crippen LogP contribution in [0.15, 0.2) is 18.2 Å². The molecule has 21 heavy (non-hydrogen) atoms. The van der Waals surface area contributed by atoms with Crippen molar-refractivity contribution in [2.24, 2.45) is 0 Å². The van der Waals surface area contributed by atoms with Gasteiger partial charge in [-0.1, -0.05) is 6.07 Å². The molecule has 0 atom stereocenters. The lowest BCUT2D eigenvalue weighted by molar-refractivity contribution is -0.121. The Bertz CT molecular complexity index is 427. The molecule has 2 N–H and O–H groups in total. The predicted octanol–water partition coefficient (Wildman–Crippen LogP) is 1.78. The van der Waals surface area contributed by atoms with Crippen LogP contribution in [-0.4, -0.2) is 40.3 Å². The van der Waals surface area contributed by atoms with Crippen molar-refractivity contribution in [1.82, 2.24) is 10.6 Å². The van der Waals surface area contributed by atoms with E-state index in [9.17, 15) is 4.79 Å². The highest BCUT2D eigenvalue weighted by atomic mass is 35.5. The normalized spacial score (nSPS) is 9.67. The van der Waals surface area contributed by atoms with Crippen molar-refractivity contribution in [3.63, 3.8) is 0 Å². The summed E-state index contributed by atoms with van der Waals surface area (Å²) in [6.45, 7) is 1.50. The lowest BCUT2D eigenvalue weighted by Crippen LogP contribution is -2.26. The van der Waals surface area contributed by atoms with E-state index in [4.69, 9.17) is 9.47 Å². The van der Waals surface area contributed by atoms with Crippen LogP contribution in [0.4, 0.5) is 0 Å². The van der Waals surface area contributed by atoms with Crippen molar-refractivity contribution < 1.29 is 14.3 Å². The third kappa shape index (κ3) is 7.20. The van der Waals surface area contributed by atoms with Crippen molar-refractivity contribution in [3.8, 4) is 11.5 Å². The largest absolute Gasteiger partial charge is 0.493 e. The number of hydrogen-bond acceptors (Lipinski definition) is 4. The minimum Gasteiger partial charge on any atom is -0.493 e. The number of carbonyl (C=O) groups is 1. The fourth-order valence-electron chi connectivity index (χ4n) is 1.90. The second-order valence-electron chi connectivity index (χ2n) is 4.50. The van der Waals surface area contributed by atoms with Gasteiger partial charge in [0.05, 0.1) is 14.2 Å². The summed E-state index contributed by atoms with van der Waals surface area (Å²) in [4.78, 5) is 11.5. The summed E-state index contributed by atoms with van der Waals surface area (Å²) in [5, 5.41) is 5.94. The number of ether oxygens (including phenoxy) is 2. The number of rotatable bonds is 9. The van der Waals surface area contributed by atoms with Gasteiger partial charge in [-0.25, -0.2) is 0 Å². The van der Waals surface area contributed by atoms with E-state index in [1.54, 1.807) is 14.2 Å². The van der Waals surface area contributed by atoms with Crippen LogP contribution in [0.5, 0.6) is 11.5 Å². The fourth-order valence-corrected chi connectivity index (χ4v) is 1.90. The Balaban J connectivity index is 0.00000400. The first-order valence-electron chi connectivity index (χ1n) is 6.83. The van der Waals surface area contributed by atoms with Crippen LogP contribution in [0.1, 0.15) is 18.4 Å². The Morgan fingerprint density at radius 2 is 1.86 bits per heavy atom. The third-order valence-corrected chi connectivity index (χ3v) is 3.01. The molecule has 0 heterocycles. The van der Waals surface area contributed by atoms with Crippen molar-refractivity contribution in [3.05, 3.63) is 23.8 Å². The number of methoxy groups -OCH3 is 2. The molecule has 120 valence electrons. The van der Waals surface area contributed by atoms with Gasteiger partial charge in [-0.05, 0) is 44.1 Å². The second-order valence-corrected chi connectivity index (χ2v) is 4.50. The molecule has 0 saturated carbocycles. The summed E-state index contributed by atoms with van der Waals surface area (Å²) < 4.78 is 10.4. The van der Waals surface area contributed by atoms with Crippen LogP contribution in [-0.2, 0) is 11.2 Å². The Labute approximate surface area is 132 Å². The van der Waals surface area contributed by atoms with Gasteiger partial charge in [0.15, 0.2) is 11.5 Å². The highest BCUT2D eigenvalue weighted by molar-refractivity contribution is 5.85. The zero-order valence-electron chi connectivity index (χ0n) is 12.9. The molecule has 6 heteroatoms. The van der Waals surface area contributed by atoms with Gasteiger partial charge < -0.3 is 20.1 Å². The molecular formula is C15H25ClN2O3. The van der Waals surface area contributed by atoms with Crippen molar-refractivity contribution in [2.75, 3.05) is 34.4 Å². The maximum Gasteiger partial charge on any atom is 0.220 e. The Morgan fingerprint density at radius 3 is 2.48 bits per heavy atom. The van der Waals surface area contributed by atoms with Crippen molar-refractivity contribution in [2.45, 2.75) is 19.3 Å². The number of hydrogen-bond donors (Lipinski definition) is 2. The van der Waals surface area contributed by atoms with E-state index in [0.717, 1.165) is 24.9 Å². The molecule has 1 amide bonds. The standard InChI is InChI=1S/C15H24N2O3.ClH/c1-16-9-4-5-15(18)17-10-8-12-6-7-13(19-2)14(11-12)20-3;/h6-7,11,16H,4-5,8-10H2,1-3H3,(H,17,18);1H. The lowest BCUT2D eigenvalue weighted by atomic mass is 10.1. The molecule has 1 rings (SSSR count). The molecule has 0 fully saturated rings. The summed E-state index contributed by atoms with van der Waals surface area (Å²) in [6, 6.07) is 5.80. The van der Waals surface area contributed by atoms with Gasteiger partial charge in [0.1, 0.15) is 0 Å². The average molecular weight is 317 g/mol. The molecule has 0 aliphatic heterocycles.